The number of aliphatic hydroxyl groups is 1. The Labute approximate surface area is 261 Å². The second-order valence-corrected chi connectivity index (χ2v) is 14.0. The van der Waals surface area contributed by atoms with Crippen molar-refractivity contribution < 1.29 is 37.8 Å². The summed E-state index contributed by atoms with van der Waals surface area (Å²) in [7, 11) is -1.52. The molecule has 0 aromatic heterocycles. The van der Waals surface area contributed by atoms with Crippen LogP contribution in [0.1, 0.15) is 70.3 Å². The molecule has 4 atom stereocenters. The lowest BCUT2D eigenvalue weighted by Crippen LogP contribution is -2.58. The number of nitrogens with one attached hydrogen (secondary N) is 3. The zero-order valence-corrected chi connectivity index (χ0v) is 27.3. The average Bonchev–Trinajstić information content (AvgIpc) is 3.06. The van der Waals surface area contributed by atoms with Crippen LogP contribution in [0.15, 0.2) is 30.3 Å². The number of ether oxygens (including phenoxy) is 1. The molecule has 1 unspecified atom stereocenters. The van der Waals surface area contributed by atoms with Gasteiger partial charge in [-0.05, 0) is 24.3 Å². The summed E-state index contributed by atoms with van der Waals surface area (Å²) in [6.07, 6.45) is 7.59. The van der Waals surface area contributed by atoms with Crippen LogP contribution in [0.25, 0.3) is 0 Å². The highest BCUT2D eigenvalue weighted by atomic mass is 31.2. The predicted octanol–water partition coefficient (Wildman–Crippen LogP) is 3.57. The highest BCUT2D eigenvalue weighted by Gasteiger charge is 2.41. The molecular weight excluding hydrogens is 587 g/mol. The minimum absolute atomic E-state index is 0.235. The molecule has 248 valence electrons. The van der Waals surface area contributed by atoms with Crippen molar-refractivity contribution in [2.24, 2.45) is 5.92 Å². The number of unbranched alkanes of at least 4 members (excludes halogenated alkanes) is 1. The number of nitrogens with zero attached hydrogens (tertiary/aromatic N) is 1. The van der Waals surface area contributed by atoms with Gasteiger partial charge in [-0.2, -0.15) is 0 Å². The molecule has 0 bridgehead atoms. The van der Waals surface area contributed by atoms with Crippen LogP contribution in [-0.4, -0.2) is 92.3 Å². The van der Waals surface area contributed by atoms with E-state index < -0.39 is 43.4 Å². The molecule has 0 radical (unpaired) electrons. The molecule has 4 N–H and O–H groups in total. The van der Waals surface area contributed by atoms with Gasteiger partial charge in [0, 0.05) is 33.7 Å². The first kappa shape index (κ1) is 36.0. The van der Waals surface area contributed by atoms with E-state index in [0.29, 0.717) is 45.6 Å². The van der Waals surface area contributed by atoms with Gasteiger partial charge in [-0.1, -0.05) is 82.2 Å². The second-order valence-electron chi connectivity index (χ2n) is 11.7. The number of hydrogen-bond donors (Lipinski definition) is 4. The van der Waals surface area contributed by atoms with Crippen LogP contribution in [0.4, 0.5) is 4.79 Å². The summed E-state index contributed by atoms with van der Waals surface area (Å²) in [6, 6.07) is 6.21. The Hall–Kier alpha value is -2.50. The second kappa shape index (κ2) is 18.5. The van der Waals surface area contributed by atoms with Crippen molar-refractivity contribution in [2.75, 3.05) is 40.5 Å². The summed E-state index contributed by atoms with van der Waals surface area (Å²) in [4.78, 5) is 42.2. The van der Waals surface area contributed by atoms with Gasteiger partial charge in [0.25, 0.3) is 0 Å². The van der Waals surface area contributed by atoms with E-state index in [1.165, 1.54) is 14.2 Å². The molecule has 1 aliphatic carbocycles. The Kier molecular flexibility index (Phi) is 15.1. The normalized spacial score (nSPS) is 19.0. The molecule has 0 spiro atoms. The number of urea groups is 1. The molecule has 4 amide bonds. The topological polar surface area (TPSA) is 156 Å². The molecule has 1 aromatic carbocycles. The van der Waals surface area contributed by atoms with E-state index >= 15 is 0 Å². The minimum Gasteiger partial charge on any atom is -0.379 e. The average molecular weight is 639 g/mol. The molecule has 1 aliphatic heterocycles. The van der Waals surface area contributed by atoms with Crippen LogP contribution >= 0.6 is 7.60 Å². The lowest BCUT2D eigenvalue weighted by atomic mass is 9.85. The smallest absolute Gasteiger partial charge is 0.360 e. The molecule has 2 aliphatic rings. The summed E-state index contributed by atoms with van der Waals surface area (Å²) >= 11 is 0. The molecular formula is C31H51N4O8P. The van der Waals surface area contributed by atoms with Crippen LogP contribution in [0.3, 0.4) is 0 Å². The van der Waals surface area contributed by atoms with Gasteiger partial charge in [0.05, 0.1) is 19.3 Å². The van der Waals surface area contributed by atoms with Gasteiger partial charge in [0.15, 0.2) is 5.85 Å². The predicted molar refractivity (Wildman–Crippen MR) is 167 cm³/mol. The third-order valence-electron chi connectivity index (χ3n) is 8.51. The molecule has 13 heteroatoms. The number of aliphatic hydroxyl groups excluding tert-OH is 1. The highest BCUT2D eigenvalue weighted by Crippen LogP contribution is 2.52. The first-order valence-electron chi connectivity index (χ1n) is 15.9. The van der Waals surface area contributed by atoms with Crippen LogP contribution in [-0.2, 0) is 34.4 Å². The fourth-order valence-electron chi connectivity index (χ4n) is 5.85. The largest absolute Gasteiger partial charge is 0.379 e. The van der Waals surface area contributed by atoms with Crippen molar-refractivity contribution in [1.82, 2.24) is 20.9 Å². The van der Waals surface area contributed by atoms with Crippen molar-refractivity contribution in [3.63, 3.8) is 0 Å². The number of hydrogen-bond acceptors (Lipinski definition) is 8. The molecule has 1 saturated heterocycles. The van der Waals surface area contributed by atoms with Gasteiger partial charge >= 0.3 is 13.6 Å². The number of carbonyl (C=O) groups excluding carboxylic acids is 3. The van der Waals surface area contributed by atoms with Crippen molar-refractivity contribution in [2.45, 2.75) is 95.1 Å². The number of benzene rings is 1. The van der Waals surface area contributed by atoms with Crippen LogP contribution in [0.5, 0.6) is 0 Å². The summed E-state index contributed by atoms with van der Waals surface area (Å²) in [5, 5.41) is 19.8. The molecule has 2 fully saturated rings. The Bertz CT molecular complexity index is 1070. The zero-order valence-electron chi connectivity index (χ0n) is 26.4. The van der Waals surface area contributed by atoms with Gasteiger partial charge in [-0.15, -0.1) is 0 Å². The fourth-order valence-corrected chi connectivity index (χ4v) is 7.06. The fraction of sp³-hybridized carbons (Fsp3) is 0.710. The van der Waals surface area contributed by atoms with E-state index in [0.717, 1.165) is 44.1 Å². The molecule has 3 rings (SSSR count). The number of rotatable bonds is 16. The maximum Gasteiger partial charge on any atom is 0.360 e. The summed E-state index contributed by atoms with van der Waals surface area (Å²) in [6.45, 7) is 3.68. The number of morpholine rings is 1. The van der Waals surface area contributed by atoms with Gasteiger partial charge in [0.2, 0.25) is 11.8 Å². The quantitative estimate of drug-likeness (QED) is 0.200. The van der Waals surface area contributed by atoms with E-state index in [4.69, 9.17) is 13.8 Å². The van der Waals surface area contributed by atoms with Crippen LogP contribution in [0.2, 0.25) is 0 Å². The van der Waals surface area contributed by atoms with Gasteiger partial charge in [0.1, 0.15) is 12.1 Å². The molecule has 1 heterocycles. The van der Waals surface area contributed by atoms with Crippen molar-refractivity contribution in [1.29, 1.82) is 0 Å². The first-order valence-corrected chi connectivity index (χ1v) is 17.5. The lowest BCUT2D eigenvalue weighted by Gasteiger charge is -2.33. The van der Waals surface area contributed by atoms with Crippen molar-refractivity contribution >= 4 is 25.4 Å². The Balaban J connectivity index is 1.79. The monoisotopic (exact) mass is 638 g/mol. The zero-order chi connectivity index (χ0) is 32.0. The molecule has 1 aromatic rings. The highest BCUT2D eigenvalue weighted by molar-refractivity contribution is 7.54. The lowest BCUT2D eigenvalue weighted by molar-refractivity contribution is -0.131. The van der Waals surface area contributed by atoms with E-state index in [9.17, 15) is 24.1 Å². The first-order chi connectivity index (χ1) is 21.2. The van der Waals surface area contributed by atoms with Crippen LogP contribution < -0.4 is 16.0 Å². The molecule has 12 nitrogen and oxygen atoms in total. The number of amides is 4. The maximum absolute atomic E-state index is 13.8. The molecule has 44 heavy (non-hydrogen) atoms. The molecule has 1 saturated carbocycles. The number of carbonyl (C=O) groups is 3. The van der Waals surface area contributed by atoms with E-state index in [1.54, 1.807) is 4.90 Å². The van der Waals surface area contributed by atoms with E-state index in [-0.39, 0.29) is 18.4 Å². The Morgan fingerprint density at radius 2 is 1.61 bits per heavy atom. The Morgan fingerprint density at radius 1 is 0.977 bits per heavy atom. The van der Waals surface area contributed by atoms with E-state index in [1.807, 2.05) is 37.3 Å². The Morgan fingerprint density at radius 3 is 2.23 bits per heavy atom. The third-order valence-corrected chi connectivity index (χ3v) is 10.5. The van der Waals surface area contributed by atoms with Crippen LogP contribution in [0, 0.1) is 5.92 Å². The van der Waals surface area contributed by atoms with Gasteiger partial charge in [-0.25, -0.2) is 4.79 Å². The van der Waals surface area contributed by atoms with E-state index in [2.05, 4.69) is 16.0 Å². The van der Waals surface area contributed by atoms with Crippen molar-refractivity contribution in [3.8, 4) is 0 Å². The summed E-state index contributed by atoms with van der Waals surface area (Å²) < 4.78 is 28.7. The van der Waals surface area contributed by atoms with Crippen molar-refractivity contribution in [3.05, 3.63) is 35.9 Å². The maximum atomic E-state index is 13.8. The summed E-state index contributed by atoms with van der Waals surface area (Å²) in [5.74, 6) is -2.33. The third kappa shape index (κ3) is 10.8. The SMILES string of the molecule is CCCC[C@H](NC(=O)[C@H](Cc1ccccc1)NC(=O)N1CCOCC1)C(=O)N[C@@H](CC1CCCCC1)C(O)P(=O)(OC)OC. The van der Waals surface area contributed by atoms with Gasteiger partial charge < -0.3 is 39.7 Å². The minimum atomic E-state index is -3.92. The summed E-state index contributed by atoms with van der Waals surface area (Å²) in [5.41, 5.74) is 0.857. The standard InChI is InChI=1S/C31H51N4O8P/c1-4-5-16-25(28(36)33-27(22-24-14-10-7-11-15-24)30(38)44(40,41-2)42-3)32-29(37)26(21-23-12-8-6-9-13-23)34-31(39)35-17-19-43-20-18-35/h6,8-9,12-13,24-27,30,38H,4-5,7,10-11,14-22H2,1-3H3,(H,32,37)(H,33,36)(H,34,39)/t25-,26-,27-,30?/m0/s1. The van der Waals surface area contributed by atoms with Gasteiger partial charge in [-0.3, -0.25) is 14.2 Å².